The molecule has 4 N–H and O–H groups in total. The summed E-state index contributed by atoms with van der Waals surface area (Å²) >= 11 is 1.22. The molecule has 1 aliphatic heterocycles. The molecule has 0 radical (unpaired) electrons. The summed E-state index contributed by atoms with van der Waals surface area (Å²) in [6.07, 6.45) is 8.02. The molecule has 4 aromatic rings. The number of benzene rings is 1. The maximum absolute atomic E-state index is 15.5. The zero-order valence-electron chi connectivity index (χ0n) is 22.7. The predicted octanol–water partition coefficient (Wildman–Crippen LogP) is 4.42. The lowest BCUT2D eigenvalue weighted by molar-refractivity contribution is -0.125. The minimum absolute atomic E-state index is 0.112. The molecule has 3 aromatic heterocycles. The molecule has 1 aromatic carbocycles. The quantitative estimate of drug-likeness (QED) is 0.275. The fraction of sp³-hybridized carbons (Fsp3) is 0.357. The highest BCUT2D eigenvalue weighted by Crippen LogP contribution is 2.51. The number of oxazole rings is 1. The number of carbonyl (C=O) groups is 1. The molecule has 1 fully saturated rings. The third kappa shape index (κ3) is 5.17. The van der Waals surface area contributed by atoms with Gasteiger partial charge in [0.05, 0.1) is 23.4 Å². The topological polar surface area (TPSA) is 153 Å². The molecule has 1 saturated carbocycles. The Morgan fingerprint density at radius 2 is 2.05 bits per heavy atom. The second-order valence-corrected chi connectivity index (χ2v) is 12.0. The number of thioether (sulfide) groups is 1. The maximum atomic E-state index is 15.5. The molecule has 11 nitrogen and oxygen atoms in total. The van der Waals surface area contributed by atoms with Crippen LogP contribution in [-0.2, 0) is 16.9 Å². The Morgan fingerprint density at radius 3 is 2.80 bits per heavy atom. The number of amides is 1. The van der Waals surface area contributed by atoms with Gasteiger partial charge >= 0.3 is 0 Å². The summed E-state index contributed by atoms with van der Waals surface area (Å²) in [5.41, 5.74) is 7.09. The van der Waals surface area contributed by atoms with E-state index in [0.717, 1.165) is 12.8 Å². The number of hydrogen-bond donors (Lipinski definition) is 3. The van der Waals surface area contributed by atoms with Crippen LogP contribution >= 0.6 is 11.8 Å². The lowest BCUT2D eigenvalue weighted by atomic mass is 9.73. The number of pyridine rings is 1. The summed E-state index contributed by atoms with van der Waals surface area (Å²) in [6.45, 7) is 5.70. The van der Waals surface area contributed by atoms with Gasteiger partial charge in [-0.3, -0.25) is 9.79 Å². The van der Waals surface area contributed by atoms with E-state index in [1.54, 1.807) is 24.4 Å². The van der Waals surface area contributed by atoms with Crippen molar-refractivity contribution in [1.29, 1.82) is 0 Å². The Morgan fingerprint density at radius 1 is 1.22 bits per heavy atom. The smallest absolute Gasteiger partial charge is 0.237 e. The monoisotopic (exact) mass is 576 g/mol. The van der Waals surface area contributed by atoms with E-state index in [2.05, 4.69) is 35.6 Å². The molecule has 0 bridgehead atoms. The molecular weight excluding hydrogens is 547 g/mol. The van der Waals surface area contributed by atoms with Crippen LogP contribution in [0.3, 0.4) is 0 Å². The molecule has 2 aliphatic rings. The third-order valence-electron chi connectivity index (χ3n) is 7.73. The number of aromatic nitrogens is 4. The van der Waals surface area contributed by atoms with Crippen LogP contribution in [0.5, 0.6) is 5.88 Å². The van der Waals surface area contributed by atoms with E-state index in [1.165, 1.54) is 36.5 Å². The fourth-order valence-electron chi connectivity index (χ4n) is 4.96. The summed E-state index contributed by atoms with van der Waals surface area (Å²) in [7, 11) is 0. The van der Waals surface area contributed by atoms with E-state index in [4.69, 9.17) is 14.9 Å². The van der Waals surface area contributed by atoms with Gasteiger partial charge in [-0.15, -0.1) is 0 Å². The van der Waals surface area contributed by atoms with Crippen LogP contribution in [0.25, 0.3) is 11.0 Å². The van der Waals surface area contributed by atoms with Crippen molar-refractivity contribution in [3.8, 4) is 5.88 Å². The molecule has 1 amide bonds. The summed E-state index contributed by atoms with van der Waals surface area (Å²) in [5.74, 6) is 0.215. The first kappa shape index (κ1) is 26.9. The number of hydrogen-bond acceptors (Lipinski definition) is 11. The fourth-order valence-corrected chi connectivity index (χ4v) is 6.19. The highest BCUT2D eigenvalue weighted by atomic mass is 32.2. The van der Waals surface area contributed by atoms with Crippen molar-refractivity contribution in [1.82, 2.24) is 25.3 Å². The van der Waals surface area contributed by atoms with Crippen molar-refractivity contribution in [2.24, 2.45) is 16.6 Å². The van der Waals surface area contributed by atoms with E-state index in [9.17, 15) is 4.79 Å². The number of nitrogens with zero attached hydrogens (tertiary/aromatic N) is 5. The second-order valence-electron chi connectivity index (χ2n) is 10.5. The molecule has 0 saturated heterocycles. The van der Waals surface area contributed by atoms with Crippen molar-refractivity contribution >= 4 is 45.4 Å². The maximum Gasteiger partial charge on any atom is 0.237 e. The van der Waals surface area contributed by atoms with E-state index < -0.39 is 16.1 Å². The molecule has 13 heteroatoms. The standard InChI is InChI=1S/C28H29FN8O3S/c1-15-27(2,37-26(30)41-28(15,3)25(38)35-16-4-5-16)18-12-17(6-7-19(18)29)34-24-23-20(8-9-32-24)36-21(13-33-23)40-14-22-31-10-11-39-22/h6-13,15-16H,4-5,14H2,1-3H3,(H2,30,37)(H,32,34)(H,35,38)/t15-,27-,28-/m0/s1. The molecule has 0 unspecified atom stereocenters. The molecule has 6 rings (SSSR count). The normalized spacial score (nSPS) is 24.1. The number of ether oxygens (including phenoxy) is 1. The minimum Gasteiger partial charge on any atom is -0.467 e. The first-order valence-corrected chi connectivity index (χ1v) is 14.0. The lowest BCUT2D eigenvalue weighted by Gasteiger charge is -2.46. The lowest BCUT2D eigenvalue weighted by Crippen LogP contribution is -2.56. The van der Waals surface area contributed by atoms with Gasteiger partial charge in [0.25, 0.3) is 0 Å². The number of nitrogens with one attached hydrogen (secondary N) is 2. The average molecular weight is 577 g/mol. The highest BCUT2D eigenvalue weighted by Gasteiger charge is 2.54. The van der Waals surface area contributed by atoms with Crippen LogP contribution in [0.15, 0.2) is 58.5 Å². The Hall–Kier alpha value is -4.26. The van der Waals surface area contributed by atoms with E-state index >= 15 is 4.39 Å². The Balaban J connectivity index is 1.28. The van der Waals surface area contributed by atoms with Crippen molar-refractivity contribution < 1.29 is 18.3 Å². The van der Waals surface area contributed by atoms with Crippen molar-refractivity contribution in [3.63, 3.8) is 0 Å². The highest BCUT2D eigenvalue weighted by molar-refractivity contribution is 8.15. The molecule has 41 heavy (non-hydrogen) atoms. The minimum atomic E-state index is -1.10. The molecular formula is C28H29FN8O3S. The first-order valence-electron chi connectivity index (χ1n) is 13.2. The Bertz CT molecular complexity index is 1650. The Labute approximate surface area is 239 Å². The number of fused-ring (bicyclic) bond motifs is 1. The number of halogens is 1. The van der Waals surface area contributed by atoms with Gasteiger partial charge in [0.2, 0.25) is 17.7 Å². The summed E-state index contributed by atoms with van der Waals surface area (Å²) < 4.78 is 25.4. The van der Waals surface area contributed by atoms with Crippen LogP contribution in [0, 0.1) is 11.7 Å². The first-order chi connectivity index (χ1) is 19.7. The molecule has 4 heterocycles. The summed E-state index contributed by atoms with van der Waals surface area (Å²) in [6, 6.07) is 6.57. The average Bonchev–Trinajstić information content (AvgIpc) is 3.61. The van der Waals surface area contributed by atoms with Gasteiger partial charge in [0.1, 0.15) is 22.3 Å². The number of amidine groups is 1. The predicted molar refractivity (Wildman–Crippen MR) is 153 cm³/mol. The van der Waals surface area contributed by atoms with Gasteiger partial charge in [-0.05, 0) is 51.0 Å². The largest absolute Gasteiger partial charge is 0.467 e. The van der Waals surface area contributed by atoms with Gasteiger partial charge in [-0.25, -0.2) is 24.3 Å². The number of carbonyl (C=O) groups excluding carboxylic acids is 1. The molecule has 3 atom stereocenters. The molecule has 1 aliphatic carbocycles. The molecule has 212 valence electrons. The van der Waals surface area contributed by atoms with Gasteiger partial charge < -0.3 is 25.5 Å². The van der Waals surface area contributed by atoms with E-state index in [1.807, 2.05) is 20.8 Å². The van der Waals surface area contributed by atoms with Crippen LogP contribution in [0.4, 0.5) is 15.9 Å². The second kappa shape index (κ2) is 10.3. The number of anilines is 2. The van der Waals surface area contributed by atoms with Crippen molar-refractivity contribution in [2.45, 2.75) is 56.5 Å². The number of rotatable bonds is 8. The molecule has 0 spiro atoms. The Kier molecular flexibility index (Phi) is 6.76. The van der Waals surface area contributed by atoms with Gasteiger partial charge in [0.15, 0.2) is 17.6 Å². The van der Waals surface area contributed by atoms with Gasteiger partial charge in [-0.2, -0.15) is 0 Å². The van der Waals surface area contributed by atoms with Crippen LogP contribution in [0.2, 0.25) is 0 Å². The SMILES string of the molecule is C[C@@H]1[C@@](C)(C(=O)NC2CC2)SC(N)=N[C@]1(C)c1cc(Nc2nccc3nc(OCc4ncco4)cnc23)ccc1F. The third-order valence-corrected chi connectivity index (χ3v) is 8.99. The zero-order valence-corrected chi connectivity index (χ0v) is 23.5. The zero-order chi connectivity index (χ0) is 28.8. The van der Waals surface area contributed by atoms with E-state index in [-0.39, 0.29) is 29.6 Å². The summed E-state index contributed by atoms with van der Waals surface area (Å²) in [4.78, 5) is 35.4. The van der Waals surface area contributed by atoms with Gasteiger partial charge in [-0.1, -0.05) is 18.7 Å². The van der Waals surface area contributed by atoms with Crippen LogP contribution in [0.1, 0.15) is 45.1 Å². The van der Waals surface area contributed by atoms with Crippen LogP contribution in [-0.4, -0.2) is 41.8 Å². The number of nitrogens with two attached hydrogens (primary N) is 1. The van der Waals surface area contributed by atoms with Crippen LogP contribution < -0.4 is 21.1 Å². The summed E-state index contributed by atoms with van der Waals surface area (Å²) in [5, 5.41) is 6.56. The van der Waals surface area contributed by atoms with E-state index in [0.29, 0.717) is 39.9 Å². The van der Waals surface area contributed by atoms with Crippen molar-refractivity contribution in [3.05, 3.63) is 66.4 Å². The number of aliphatic imine (C=N–C) groups is 1. The van der Waals surface area contributed by atoms with Gasteiger partial charge in [0, 0.05) is 29.4 Å². The van der Waals surface area contributed by atoms with Crippen molar-refractivity contribution in [2.75, 3.05) is 5.32 Å².